The highest BCUT2D eigenvalue weighted by Gasteiger charge is 2.19. The second-order valence-electron chi connectivity index (χ2n) is 5.10. The van der Waals surface area contributed by atoms with Crippen LogP contribution in [0.2, 0.25) is 0 Å². The van der Waals surface area contributed by atoms with E-state index in [0.717, 1.165) is 18.5 Å². The lowest BCUT2D eigenvalue weighted by Gasteiger charge is -2.32. The van der Waals surface area contributed by atoms with E-state index < -0.39 is 0 Å². The van der Waals surface area contributed by atoms with Crippen molar-refractivity contribution in [3.63, 3.8) is 0 Å². The number of aryl methyl sites for hydroxylation is 2. The molecule has 0 spiro atoms. The summed E-state index contributed by atoms with van der Waals surface area (Å²) in [4.78, 5) is 6.55. The number of rotatable bonds is 2. The molecule has 0 aliphatic carbocycles. The summed E-state index contributed by atoms with van der Waals surface area (Å²) in [5, 5.41) is 0. The average Bonchev–Trinajstić information content (AvgIpc) is 2.46. The number of nitrogens with zero attached hydrogens (tertiary/aromatic N) is 2. The quantitative estimate of drug-likeness (QED) is 0.894. The van der Waals surface area contributed by atoms with Crippen LogP contribution in [-0.2, 0) is 13.0 Å². The van der Waals surface area contributed by atoms with Gasteiger partial charge in [-0.2, -0.15) is 0 Å². The van der Waals surface area contributed by atoms with E-state index in [2.05, 4.69) is 41.1 Å². The van der Waals surface area contributed by atoms with Crippen molar-refractivity contribution in [2.24, 2.45) is 5.73 Å². The molecular formula is C16H19N3. The van der Waals surface area contributed by atoms with Gasteiger partial charge in [0.1, 0.15) is 0 Å². The van der Waals surface area contributed by atoms with Crippen molar-refractivity contribution >= 4 is 11.4 Å². The molecule has 1 aromatic heterocycles. The van der Waals surface area contributed by atoms with Gasteiger partial charge in [0.25, 0.3) is 0 Å². The SMILES string of the molecule is Cc1ccc2c(c1)CCCN2c1ccncc1CN. The maximum absolute atomic E-state index is 5.83. The van der Waals surface area contributed by atoms with E-state index in [1.165, 1.54) is 28.9 Å². The predicted molar refractivity (Wildman–Crippen MR) is 78.6 cm³/mol. The summed E-state index contributed by atoms with van der Waals surface area (Å²) in [6.45, 7) is 3.73. The second kappa shape index (κ2) is 5.02. The van der Waals surface area contributed by atoms with Gasteiger partial charge < -0.3 is 10.6 Å². The van der Waals surface area contributed by atoms with Gasteiger partial charge >= 0.3 is 0 Å². The molecule has 0 saturated heterocycles. The first kappa shape index (κ1) is 12.2. The van der Waals surface area contributed by atoms with E-state index in [4.69, 9.17) is 5.73 Å². The van der Waals surface area contributed by atoms with Gasteiger partial charge in [-0.3, -0.25) is 4.98 Å². The van der Waals surface area contributed by atoms with Crippen LogP contribution in [-0.4, -0.2) is 11.5 Å². The zero-order valence-electron chi connectivity index (χ0n) is 11.3. The molecule has 3 heteroatoms. The average molecular weight is 253 g/mol. The first-order valence-electron chi connectivity index (χ1n) is 6.79. The minimum absolute atomic E-state index is 0.529. The standard InChI is InChI=1S/C16H19N3/c1-12-4-5-15-13(9-12)3-2-8-19(15)16-6-7-18-11-14(16)10-17/h4-7,9,11H,2-3,8,10,17H2,1H3. The first-order valence-corrected chi connectivity index (χ1v) is 6.79. The summed E-state index contributed by atoms with van der Waals surface area (Å²) in [5.41, 5.74) is 12.2. The van der Waals surface area contributed by atoms with E-state index in [0.29, 0.717) is 6.54 Å². The normalized spacial score (nSPS) is 14.3. The maximum atomic E-state index is 5.83. The minimum Gasteiger partial charge on any atom is -0.341 e. The highest BCUT2D eigenvalue weighted by Crippen LogP contribution is 2.35. The zero-order valence-corrected chi connectivity index (χ0v) is 11.3. The smallest absolute Gasteiger partial charge is 0.0487 e. The molecule has 2 aromatic rings. The van der Waals surface area contributed by atoms with Crippen molar-refractivity contribution in [1.29, 1.82) is 0 Å². The summed E-state index contributed by atoms with van der Waals surface area (Å²) in [5.74, 6) is 0. The Hall–Kier alpha value is -1.87. The molecule has 98 valence electrons. The Morgan fingerprint density at radius 2 is 2.16 bits per heavy atom. The van der Waals surface area contributed by atoms with Crippen LogP contribution in [0.5, 0.6) is 0 Å². The lowest BCUT2D eigenvalue weighted by atomic mass is 9.98. The summed E-state index contributed by atoms with van der Waals surface area (Å²) >= 11 is 0. The van der Waals surface area contributed by atoms with Crippen LogP contribution < -0.4 is 10.6 Å². The molecular weight excluding hydrogens is 234 g/mol. The van der Waals surface area contributed by atoms with Crippen molar-refractivity contribution in [1.82, 2.24) is 4.98 Å². The summed E-state index contributed by atoms with van der Waals surface area (Å²) in [6, 6.07) is 8.77. The van der Waals surface area contributed by atoms with Crippen LogP contribution in [0.3, 0.4) is 0 Å². The fourth-order valence-electron chi connectivity index (χ4n) is 2.82. The highest BCUT2D eigenvalue weighted by atomic mass is 15.1. The number of aromatic nitrogens is 1. The summed E-state index contributed by atoms with van der Waals surface area (Å²) in [6.07, 6.45) is 6.06. The summed E-state index contributed by atoms with van der Waals surface area (Å²) in [7, 11) is 0. The topological polar surface area (TPSA) is 42.2 Å². The number of hydrogen-bond donors (Lipinski definition) is 1. The number of pyridine rings is 1. The van der Waals surface area contributed by atoms with Crippen molar-refractivity contribution in [3.05, 3.63) is 53.3 Å². The van der Waals surface area contributed by atoms with Gasteiger partial charge in [-0.05, 0) is 37.5 Å². The van der Waals surface area contributed by atoms with Gasteiger partial charge in [-0.25, -0.2) is 0 Å². The highest BCUT2D eigenvalue weighted by molar-refractivity contribution is 5.70. The molecule has 0 radical (unpaired) electrons. The van der Waals surface area contributed by atoms with Crippen LogP contribution in [0, 0.1) is 6.92 Å². The number of benzene rings is 1. The van der Waals surface area contributed by atoms with Gasteiger partial charge in [0.2, 0.25) is 0 Å². The van der Waals surface area contributed by atoms with E-state index >= 15 is 0 Å². The van der Waals surface area contributed by atoms with Gasteiger partial charge in [-0.1, -0.05) is 17.7 Å². The Morgan fingerprint density at radius 1 is 1.26 bits per heavy atom. The first-order chi connectivity index (χ1) is 9.29. The van der Waals surface area contributed by atoms with Crippen molar-refractivity contribution in [2.45, 2.75) is 26.3 Å². The zero-order chi connectivity index (χ0) is 13.2. The summed E-state index contributed by atoms with van der Waals surface area (Å²) < 4.78 is 0. The molecule has 0 unspecified atom stereocenters. The third-order valence-corrected chi connectivity index (χ3v) is 3.74. The van der Waals surface area contributed by atoms with Gasteiger partial charge in [0.05, 0.1) is 0 Å². The van der Waals surface area contributed by atoms with Gasteiger partial charge in [-0.15, -0.1) is 0 Å². The predicted octanol–water partition coefficient (Wildman–Crippen LogP) is 2.93. The Bertz CT molecular complexity index is 592. The van der Waals surface area contributed by atoms with E-state index in [9.17, 15) is 0 Å². The number of nitrogens with two attached hydrogens (primary N) is 1. The van der Waals surface area contributed by atoms with E-state index in [1.807, 2.05) is 12.4 Å². The largest absolute Gasteiger partial charge is 0.341 e. The monoisotopic (exact) mass is 253 g/mol. The van der Waals surface area contributed by atoms with Crippen molar-refractivity contribution < 1.29 is 0 Å². The van der Waals surface area contributed by atoms with Crippen LogP contribution in [0.15, 0.2) is 36.7 Å². The molecule has 2 N–H and O–H groups in total. The molecule has 3 rings (SSSR count). The minimum atomic E-state index is 0.529. The van der Waals surface area contributed by atoms with Crippen LogP contribution in [0.25, 0.3) is 0 Å². The molecule has 0 bridgehead atoms. The second-order valence-corrected chi connectivity index (χ2v) is 5.10. The molecule has 0 saturated carbocycles. The Labute approximate surface area is 114 Å². The lowest BCUT2D eigenvalue weighted by molar-refractivity contribution is 0.762. The molecule has 0 amide bonds. The van der Waals surface area contributed by atoms with E-state index in [1.54, 1.807) is 0 Å². The maximum Gasteiger partial charge on any atom is 0.0487 e. The van der Waals surface area contributed by atoms with Crippen molar-refractivity contribution in [3.8, 4) is 0 Å². The number of fused-ring (bicyclic) bond motifs is 1. The Morgan fingerprint density at radius 3 is 3.00 bits per heavy atom. The molecule has 19 heavy (non-hydrogen) atoms. The molecule has 1 aliphatic heterocycles. The van der Waals surface area contributed by atoms with Crippen LogP contribution in [0.1, 0.15) is 23.1 Å². The van der Waals surface area contributed by atoms with Crippen molar-refractivity contribution in [2.75, 3.05) is 11.4 Å². The third-order valence-electron chi connectivity index (χ3n) is 3.74. The van der Waals surface area contributed by atoms with Gasteiger partial charge in [0, 0.05) is 42.4 Å². The Kier molecular flexibility index (Phi) is 3.22. The molecule has 0 atom stereocenters. The molecule has 3 nitrogen and oxygen atoms in total. The van der Waals surface area contributed by atoms with Gasteiger partial charge in [0.15, 0.2) is 0 Å². The number of anilines is 2. The molecule has 1 aromatic carbocycles. The van der Waals surface area contributed by atoms with E-state index in [-0.39, 0.29) is 0 Å². The lowest BCUT2D eigenvalue weighted by Crippen LogP contribution is -2.26. The van der Waals surface area contributed by atoms with Crippen LogP contribution in [0.4, 0.5) is 11.4 Å². The Balaban J connectivity index is 2.08. The third kappa shape index (κ3) is 2.22. The van der Waals surface area contributed by atoms with Crippen LogP contribution >= 0.6 is 0 Å². The fourth-order valence-corrected chi connectivity index (χ4v) is 2.82. The molecule has 2 heterocycles. The molecule has 1 aliphatic rings. The fraction of sp³-hybridized carbons (Fsp3) is 0.312. The number of hydrogen-bond acceptors (Lipinski definition) is 3. The molecule has 0 fully saturated rings.